The van der Waals surface area contributed by atoms with Crippen LogP contribution in [0.3, 0.4) is 0 Å². The maximum atomic E-state index is 6.56. The van der Waals surface area contributed by atoms with Gasteiger partial charge in [0.05, 0.1) is 33.6 Å². The summed E-state index contributed by atoms with van der Waals surface area (Å²) in [6, 6.07) is 54.2. The maximum absolute atomic E-state index is 6.56. The lowest BCUT2D eigenvalue weighted by Gasteiger charge is -2.38. The topological polar surface area (TPSA) is 52.4 Å². The van der Waals surface area contributed by atoms with Crippen molar-refractivity contribution in [3.8, 4) is 51.3 Å². The van der Waals surface area contributed by atoms with Crippen molar-refractivity contribution in [3.05, 3.63) is 158 Å². The molecule has 0 amide bonds. The number of ether oxygens (including phenoxy) is 2. The van der Waals surface area contributed by atoms with E-state index in [0.29, 0.717) is 5.95 Å². The van der Waals surface area contributed by atoms with E-state index in [1.807, 2.05) is 66.7 Å². The lowest BCUT2D eigenvalue weighted by Crippen LogP contribution is -2.20. The molecule has 4 heterocycles. The summed E-state index contributed by atoms with van der Waals surface area (Å²) < 4.78 is 15.3. The fourth-order valence-corrected chi connectivity index (χ4v) is 7.54. The summed E-state index contributed by atoms with van der Waals surface area (Å²) in [5, 5.41) is 3.26. The Morgan fingerprint density at radius 3 is 1.80 bits per heavy atom. The van der Waals surface area contributed by atoms with E-state index in [9.17, 15) is 0 Å². The van der Waals surface area contributed by atoms with Gasteiger partial charge in [-0.25, -0.2) is 9.97 Å². The number of hydrogen-bond acceptors (Lipinski definition) is 5. The third kappa shape index (κ3) is 3.90. The Morgan fingerprint density at radius 2 is 1.04 bits per heavy atom. The largest absolute Gasteiger partial charge is 0.453 e. The second-order valence-electron chi connectivity index (χ2n) is 12.6. The van der Waals surface area contributed by atoms with E-state index >= 15 is 0 Å². The molecule has 0 bridgehead atoms. The van der Waals surface area contributed by atoms with Crippen LogP contribution in [-0.4, -0.2) is 14.5 Å². The standard InChI is InChI=1S/C44H26N4O2/c1-2-12-27(13-3-1)42-31-15-4-6-16-33(31)45-44(46-42)48-34-17-7-5-14-30(34)32-24-28(22-23-35(32)48)29-25-40-43-41(26-29)50-39-21-11-9-19-37(39)47(43)36-18-8-10-20-38(36)49-40/h1-26H. The van der Waals surface area contributed by atoms with E-state index in [1.54, 1.807) is 0 Å². The molecule has 0 aliphatic carbocycles. The highest BCUT2D eigenvalue weighted by Crippen LogP contribution is 2.60. The molecule has 7 aromatic carbocycles. The lowest BCUT2D eigenvalue weighted by atomic mass is 9.99. The first-order valence-electron chi connectivity index (χ1n) is 16.7. The Morgan fingerprint density at radius 1 is 0.420 bits per heavy atom. The maximum Gasteiger partial charge on any atom is 0.235 e. The third-order valence-corrected chi connectivity index (χ3v) is 9.76. The highest BCUT2D eigenvalue weighted by molar-refractivity contribution is 6.10. The van der Waals surface area contributed by atoms with Crippen molar-refractivity contribution in [1.29, 1.82) is 0 Å². The van der Waals surface area contributed by atoms with E-state index in [2.05, 4.69) is 100 Å². The summed E-state index contributed by atoms with van der Waals surface area (Å²) in [5.74, 6) is 3.77. The molecular weight excluding hydrogens is 617 g/mol. The summed E-state index contributed by atoms with van der Waals surface area (Å²) in [6.45, 7) is 0. The van der Waals surface area contributed by atoms with Crippen LogP contribution in [0.15, 0.2) is 158 Å². The number of hydrogen-bond donors (Lipinski definition) is 0. The highest BCUT2D eigenvalue weighted by Gasteiger charge is 2.35. The van der Waals surface area contributed by atoms with Crippen molar-refractivity contribution in [2.45, 2.75) is 0 Å². The van der Waals surface area contributed by atoms with Gasteiger partial charge in [0.15, 0.2) is 23.0 Å². The Hall–Kier alpha value is -6.92. The molecule has 6 nitrogen and oxygen atoms in total. The molecule has 0 atom stereocenters. The first-order chi connectivity index (χ1) is 24.8. The second-order valence-corrected chi connectivity index (χ2v) is 12.6. The number of rotatable bonds is 3. The van der Waals surface area contributed by atoms with E-state index < -0.39 is 0 Å². The molecule has 6 heteroatoms. The monoisotopic (exact) mass is 642 g/mol. The third-order valence-electron chi connectivity index (χ3n) is 9.76. The summed E-state index contributed by atoms with van der Waals surface area (Å²) in [6.07, 6.45) is 0. The minimum atomic E-state index is 0.638. The van der Waals surface area contributed by atoms with Gasteiger partial charge in [-0.05, 0) is 71.8 Å². The summed E-state index contributed by atoms with van der Waals surface area (Å²) >= 11 is 0. The van der Waals surface area contributed by atoms with Crippen LogP contribution in [0.5, 0.6) is 23.0 Å². The predicted octanol–water partition coefficient (Wildman–Crippen LogP) is 11.7. The molecule has 11 rings (SSSR count). The zero-order valence-electron chi connectivity index (χ0n) is 26.6. The molecule has 50 heavy (non-hydrogen) atoms. The van der Waals surface area contributed by atoms with Gasteiger partial charge in [-0.2, -0.15) is 0 Å². The molecule has 0 N–H and O–H groups in total. The van der Waals surface area contributed by atoms with Crippen LogP contribution < -0.4 is 14.4 Å². The van der Waals surface area contributed by atoms with Crippen molar-refractivity contribution in [1.82, 2.24) is 14.5 Å². The fourth-order valence-electron chi connectivity index (χ4n) is 7.54. The highest BCUT2D eigenvalue weighted by atomic mass is 16.5. The first-order valence-corrected chi connectivity index (χ1v) is 16.7. The summed E-state index contributed by atoms with van der Waals surface area (Å²) in [5.41, 5.74) is 9.90. The summed E-state index contributed by atoms with van der Waals surface area (Å²) in [4.78, 5) is 12.6. The van der Waals surface area contributed by atoms with E-state index in [4.69, 9.17) is 19.4 Å². The molecule has 0 saturated carbocycles. The zero-order chi connectivity index (χ0) is 32.8. The minimum Gasteiger partial charge on any atom is -0.453 e. The minimum absolute atomic E-state index is 0.638. The van der Waals surface area contributed by atoms with Gasteiger partial charge in [-0.15, -0.1) is 0 Å². The molecular formula is C44H26N4O2. The van der Waals surface area contributed by atoms with Gasteiger partial charge >= 0.3 is 0 Å². The fraction of sp³-hybridized carbons (Fsp3) is 0. The number of para-hydroxylation sites is 6. The summed E-state index contributed by atoms with van der Waals surface area (Å²) in [7, 11) is 0. The van der Waals surface area contributed by atoms with Gasteiger partial charge < -0.3 is 9.47 Å². The Kier molecular flexibility index (Phi) is 5.57. The van der Waals surface area contributed by atoms with Crippen LogP contribution in [0.4, 0.5) is 17.1 Å². The normalized spacial score (nSPS) is 12.7. The van der Waals surface area contributed by atoms with Crippen LogP contribution in [0.25, 0.3) is 61.0 Å². The van der Waals surface area contributed by atoms with Gasteiger partial charge in [-0.3, -0.25) is 9.47 Å². The van der Waals surface area contributed by atoms with Gasteiger partial charge in [0, 0.05) is 21.7 Å². The van der Waals surface area contributed by atoms with E-state index in [1.165, 1.54) is 0 Å². The molecule has 234 valence electrons. The van der Waals surface area contributed by atoms with Crippen molar-refractivity contribution < 1.29 is 9.47 Å². The van der Waals surface area contributed by atoms with E-state index in [-0.39, 0.29) is 0 Å². The van der Waals surface area contributed by atoms with Crippen LogP contribution in [0.1, 0.15) is 0 Å². The van der Waals surface area contributed by atoms with Crippen LogP contribution in [0.2, 0.25) is 0 Å². The molecule has 2 aliphatic rings. The molecule has 2 aromatic heterocycles. The number of anilines is 3. The molecule has 0 radical (unpaired) electrons. The van der Waals surface area contributed by atoms with Crippen molar-refractivity contribution >= 4 is 49.8 Å². The molecule has 9 aromatic rings. The van der Waals surface area contributed by atoms with Crippen molar-refractivity contribution in [2.24, 2.45) is 0 Å². The van der Waals surface area contributed by atoms with Gasteiger partial charge in [-0.1, -0.05) is 97.1 Å². The lowest BCUT2D eigenvalue weighted by molar-refractivity contribution is 0.446. The number of nitrogens with zero attached hydrogens (tertiary/aromatic N) is 4. The second kappa shape index (κ2) is 10.3. The van der Waals surface area contributed by atoms with E-state index in [0.717, 1.165) is 95.2 Å². The SMILES string of the molecule is c1ccc(-c2nc(-n3c4ccccc4c4cc(-c5cc6c7c(c5)Oc5ccccc5N7c5ccccc5O6)ccc43)nc3ccccc23)cc1. The van der Waals surface area contributed by atoms with Gasteiger partial charge in [0.1, 0.15) is 5.69 Å². The first kappa shape index (κ1) is 27.1. The van der Waals surface area contributed by atoms with Crippen molar-refractivity contribution in [3.63, 3.8) is 0 Å². The average Bonchev–Trinajstić information content (AvgIpc) is 3.51. The number of benzene rings is 7. The molecule has 0 fully saturated rings. The van der Waals surface area contributed by atoms with Crippen LogP contribution in [0, 0.1) is 0 Å². The van der Waals surface area contributed by atoms with Crippen LogP contribution in [-0.2, 0) is 0 Å². The number of aromatic nitrogens is 3. The smallest absolute Gasteiger partial charge is 0.235 e. The Bertz CT molecular complexity index is 2770. The molecule has 0 unspecified atom stereocenters. The predicted molar refractivity (Wildman–Crippen MR) is 200 cm³/mol. The average molecular weight is 643 g/mol. The zero-order valence-corrected chi connectivity index (χ0v) is 26.6. The van der Waals surface area contributed by atoms with Gasteiger partial charge in [0.2, 0.25) is 5.95 Å². The number of fused-ring (bicyclic) bond motifs is 8. The van der Waals surface area contributed by atoms with Gasteiger partial charge in [0.25, 0.3) is 0 Å². The van der Waals surface area contributed by atoms with Crippen molar-refractivity contribution in [2.75, 3.05) is 4.90 Å². The molecule has 0 spiro atoms. The Balaban J connectivity index is 1.11. The molecule has 2 aliphatic heterocycles. The van der Waals surface area contributed by atoms with Crippen LogP contribution >= 0.6 is 0 Å². The molecule has 0 saturated heterocycles. The quantitative estimate of drug-likeness (QED) is 0.192. The Labute approximate surface area is 287 Å².